The van der Waals surface area contributed by atoms with Crippen LogP contribution < -0.4 is 5.32 Å². The minimum Gasteiger partial charge on any atom is -0.478 e. The van der Waals surface area contributed by atoms with E-state index in [4.69, 9.17) is 10.4 Å². The second-order valence-corrected chi connectivity index (χ2v) is 3.53. The van der Waals surface area contributed by atoms with Crippen LogP contribution in [0.2, 0.25) is 0 Å². The summed E-state index contributed by atoms with van der Waals surface area (Å²) in [4.78, 5) is 27.4. The molecule has 0 spiro atoms. The van der Waals surface area contributed by atoms with Crippen LogP contribution in [0.25, 0.3) is 0 Å². The summed E-state index contributed by atoms with van der Waals surface area (Å²) < 4.78 is 0. The largest absolute Gasteiger partial charge is 0.478 e. The van der Waals surface area contributed by atoms with Gasteiger partial charge >= 0.3 is 12.0 Å². The number of nitrogens with zero attached hydrogens (tertiary/aromatic N) is 3. The molecule has 0 saturated heterocycles. The minimum atomic E-state index is -1.11. The van der Waals surface area contributed by atoms with Crippen LogP contribution in [0.15, 0.2) is 18.5 Å². The smallest absolute Gasteiger partial charge is 0.337 e. The third-order valence-electron chi connectivity index (χ3n) is 2.14. The van der Waals surface area contributed by atoms with E-state index in [2.05, 4.69) is 10.3 Å². The van der Waals surface area contributed by atoms with Gasteiger partial charge in [0.2, 0.25) is 0 Å². The van der Waals surface area contributed by atoms with E-state index in [1.165, 1.54) is 23.4 Å². The molecule has 0 radical (unpaired) electrons. The quantitative estimate of drug-likeness (QED) is 0.831. The topological polar surface area (TPSA) is 106 Å². The zero-order valence-electron chi connectivity index (χ0n) is 9.75. The van der Waals surface area contributed by atoms with Crippen molar-refractivity contribution >= 4 is 17.7 Å². The molecule has 1 aromatic heterocycles. The van der Waals surface area contributed by atoms with Crippen molar-refractivity contribution in [3.8, 4) is 6.07 Å². The van der Waals surface area contributed by atoms with Gasteiger partial charge in [0.1, 0.15) is 0 Å². The van der Waals surface area contributed by atoms with Crippen LogP contribution in [0.3, 0.4) is 0 Å². The van der Waals surface area contributed by atoms with Crippen LogP contribution in [0.5, 0.6) is 0 Å². The fourth-order valence-electron chi connectivity index (χ4n) is 1.16. The SMILES string of the molecule is CN(CCC#N)C(=O)Nc1cncc(C(=O)O)c1. The molecule has 0 unspecified atom stereocenters. The third kappa shape index (κ3) is 3.75. The van der Waals surface area contributed by atoms with Crippen LogP contribution >= 0.6 is 0 Å². The van der Waals surface area contributed by atoms with Gasteiger partial charge in [-0.1, -0.05) is 0 Å². The molecule has 0 aliphatic rings. The van der Waals surface area contributed by atoms with E-state index in [9.17, 15) is 9.59 Å². The van der Waals surface area contributed by atoms with E-state index in [0.717, 1.165) is 0 Å². The summed E-state index contributed by atoms with van der Waals surface area (Å²) in [6, 6.07) is 2.82. The number of aromatic carboxylic acids is 1. The second kappa shape index (κ2) is 6.20. The number of carbonyl (C=O) groups is 2. The summed E-state index contributed by atoms with van der Waals surface area (Å²) in [5.41, 5.74) is 0.288. The molecule has 2 amide bonds. The maximum atomic E-state index is 11.6. The Hall–Kier alpha value is -2.62. The Bertz CT molecular complexity index is 495. The highest BCUT2D eigenvalue weighted by atomic mass is 16.4. The number of carboxylic acids is 1. The number of carboxylic acid groups (broad SMARTS) is 1. The first-order valence-electron chi connectivity index (χ1n) is 5.12. The van der Waals surface area contributed by atoms with E-state index in [1.54, 1.807) is 7.05 Å². The molecule has 0 aliphatic carbocycles. The molecule has 94 valence electrons. The molecule has 0 aromatic carbocycles. The lowest BCUT2D eigenvalue weighted by molar-refractivity contribution is 0.0696. The summed E-state index contributed by atoms with van der Waals surface area (Å²) in [5, 5.41) is 19.7. The molecule has 1 heterocycles. The fraction of sp³-hybridized carbons (Fsp3) is 0.273. The highest BCUT2D eigenvalue weighted by molar-refractivity contribution is 5.92. The lowest BCUT2D eigenvalue weighted by Crippen LogP contribution is -2.32. The van der Waals surface area contributed by atoms with Crippen molar-refractivity contribution in [1.29, 1.82) is 5.26 Å². The Balaban J connectivity index is 2.67. The number of nitriles is 1. The number of urea groups is 1. The molecule has 0 saturated carbocycles. The number of hydrogen-bond donors (Lipinski definition) is 2. The summed E-state index contributed by atoms with van der Waals surface area (Å²) in [7, 11) is 1.54. The van der Waals surface area contributed by atoms with Crippen LogP contribution in [-0.2, 0) is 0 Å². The van der Waals surface area contributed by atoms with Gasteiger partial charge in [-0.05, 0) is 6.07 Å². The van der Waals surface area contributed by atoms with Gasteiger partial charge in [0.25, 0.3) is 0 Å². The van der Waals surface area contributed by atoms with E-state index in [1.807, 2.05) is 6.07 Å². The van der Waals surface area contributed by atoms with Gasteiger partial charge in [0, 0.05) is 19.8 Å². The third-order valence-corrected chi connectivity index (χ3v) is 2.14. The predicted octanol–water partition coefficient (Wildman–Crippen LogP) is 1.16. The molecule has 7 heteroatoms. The lowest BCUT2D eigenvalue weighted by atomic mass is 10.2. The summed E-state index contributed by atoms with van der Waals surface area (Å²) in [5.74, 6) is -1.11. The predicted molar refractivity (Wildman–Crippen MR) is 63.1 cm³/mol. The molecule has 18 heavy (non-hydrogen) atoms. The summed E-state index contributed by atoms with van der Waals surface area (Å²) >= 11 is 0. The Kier molecular flexibility index (Phi) is 4.63. The highest BCUT2D eigenvalue weighted by Crippen LogP contribution is 2.09. The molecule has 1 rings (SSSR count). The van der Waals surface area contributed by atoms with Crippen molar-refractivity contribution in [3.63, 3.8) is 0 Å². The van der Waals surface area contributed by atoms with Gasteiger partial charge < -0.3 is 15.3 Å². The Morgan fingerprint density at radius 3 is 2.89 bits per heavy atom. The highest BCUT2D eigenvalue weighted by Gasteiger charge is 2.10. The summed E-state index contributed by atoms with van der Waals surface area (Å²) in [6.07, 6.45) is 2.77. The minimum absolute atomic E-state index is 0.00696. The first-order chi connectivity index (χ1) is 8.54. The normalized spacial score (nSPS) is 9.33. The number of aromatic nitrogens is 1. The molecular formula is C11H12N4O3. The molecule has 7 nitrogen and oxygen atoms in total. The number of rotatable bonds is 4. The molecular weight excluding hydrogens is 236 g/mol. The maximum Gasteiger partial charge on any atom is 0.337 e. The standard InChI is InChI=1S/C11H12N4O3/c1-15(4-2-3-12)11(18)14-9-5-8(10(16)17)6-13-7-9/h5-7H,2,4H2,1H3,(H,14,18)(H,16,17). The van der Waals surface area contributed by atoms with E-state index in [0.29, 0.717) is 12.2 Å². The molecule has 0 aliphatic heterocycles. The number of amides is 2. The molecule has 1 aromatic rings. The van der Waals surface area contributed by atoms with Crippen molar-refractivity contribution in [2.24, 2.45) is 0 Å². The number of pyridine rings is 1. The summed E-state index contributed by atoms with van der Waals surface area (Å²) in [6.45, 7) is 0.300. The van der Waals surface area contributed by atoms with Gasteiger partial charge in [-0.3, -0.25) is 4.98 Å². The zero-order valence-corrected chi connectivity index (χ0v) is 9.75. The average molecular weight is 248 g/mol. The molecule has 0 atom stereocenters. The van der Waals surface area contributed by atoms with Gasteiger partial charge in [0.05, 0.1) is 29.9 Å². The number of nitrogens with one attached hydrogen (secondary N) is 1. The number of carbonyl (C=O) groups excluding carboxylic acids is 1. The molecule has 0 bridgehead atoms. The van der Waals surface area contributed by atoms with Crippen LogP contribution in [0.4, 0.5) is 10.5 Å². The fourth-order valence-corrected chi connectivity index (χ4v) is 1.16. The van der Waals surface area contributed by atoms with Gasteiger partial charge in [-0.2, -0.15) is 5.26 Å². The Labute approximate surface area is 104 Å². The van der Waals surface area contributed by atoms with Crippen molar-refractivity contribution < 1.29 is 14.7 Å². The average Bonchev–Trinajstić information content (AvgIpc) is 2.36. The molecule has 0 fully saturated rings. The maximum absolute atomic E-state index is 11.6. The van der Waals surface area contributed by atoms with Gasteiger partial charge in [0.15, 0.2) is 0 Å². The van der Waals surface area contributed by atoms with Crippen molar-refractivity contribution in [2.45, 2.75) is 6.42 Å². The van der Waals surface area contributed by atoms with Crippen LogP contribution in [-0.4, -0.2) is 40.6 Å². The van der Waals surface area contributed by atoms with Crippen LogP contribution in [0, 0.1) is 11.3 Å². The monoisotopic (exact) mass is 248 g/mol. The number of hydrogen-bond acceptors (Lipinski definition) is 4. The van der Waals surface area contributed by atoms with Crippen LogP contribution in [0.1, 0.15) is 16.8 Å². The van der Waals surface area contributed by atoms with Gasteiger partial charge in [-0.25, -0.2) is 9.59 Å². The number of anilines is 1. The second-order valence-electron chi connectivity index (χ2n) is 3.53. The van der Waals surface area contributed by atoms with Gasteiger partial charge in [-0.15, -0.1) is 0 Å². The van der Waals surface area contributed by atoms with Crippen molar-refractivity contribution in [2.75, 3.05) is 18.9 Å². The molecule has 2 N–H and O–H groups in total. The van der Waals surface area contributed by atoms with E-state index < -0.39 is 12.0 Å². The lowest BCUT2D eigenvalue weighted by Gasteiger charge is -2.16. The Morgan fingerprint density at radius 2 is 2.28 bits per heavy atom. The Morgan fingerprint density at radius 1 is 1.56 bits per heavy atom. The van der Waals surface area contributed by atoms with Crippen molar-refractivity contribution in [1.82, 2.24) is 9.88 Å². The first-order valence-corrected chi connectivity index (χ1v) is 5.12. The first kappa shape index (κ1) is 13.4. The zero-order chi connectivity index (χ0) is 13.5. The van der Waals surface area contributed by atoms with E-state index >= 15 is 0 Å². The van der Waals surface area contributed by atoms with Crippen molar-refractivity contribution in [3.05, 3.63) is 24.0 Å². The van der Waals surface area contributed by atoms with E-state index in [-0.39, 0.29) is 12.0 Å².